The van der Waals surface area contributed by atoms with Crippen molar-refractivity contribution in [3.05, 3.63) is 65.5 Å². The highest BCUT2D eigenvalue weighted by molar-refractivity contribution is 6.21. The molecule has 7 heteroatoms. The van der Waals surface area contributed by atoms with Crippen LogP contribution in [0.15, 0.2) is 53.1 Å². The van der Waals surface area contributed by atoms with E-state index in [0.29, 0.717) is 54.6 Å². The van der Waals surface area contributed by atoms with E-state index in [1.807, 2.05) is 31.2 Å². The van der Waals surface area contributed by atoms with E-state index in [1.54, 1.807) is 24.3 Å². The number of benzene rings is 2. The van der Waals surface area contributed by atoms with Gasteiger partial charge in [0.15, 0.2) is 0 Å². The molecule has 4 rings (SSSR count). The van der Waals surface area contributed by atoms with Crippen molar-refractivity contribution in [3.8, 4) is 17.1 Å². The van der Waals surface area contributed by atoms with E-state index in [0.717, 1.165) is 5.56 Å². The lowest BCUT2D eigenvalue weighted by molar-refractivity contribution is 0.0646. The molecule has 0 saturated heterocycles. The number of nitrogens with zero attached hydrogens (tertiary/aromatic N) is 3. The minimum Gasteiger partial charge on any atom is -0.494 e. The zero-order valence-electron chi connectivity index (χ0n) is 15.4. The molecule has 142 valence electrons. The molecule has 2 amide bonds. The summed E-state index contributed by atoms with van der Waals surface area (Å²) in [5, 5.41) is 3.94. The average molecular weight is 377 g/mol. The largest absolute Gasteiger partial charge is 0.494 e. The predicted octanol–water partition coefficient (Wildman–Crippen LogP) is 3.36. The monoisotopic (exact) mass is 377 g/mol. The van der Waals surface area contributed by atoms with Crippen molar-refractivity contribution in [2.75, 3.05) is 13.2 Å². The molecular weight excluding hydrogens is 358 g/mol. The fraction of sp³-hybridized carbons (Fsp3) is 0.238. The number of imide groups is 1. The normalized spacial score (nSPS) is 13.1. The number of amides is 2. The molecule has 1 aliphatic heterocycles. The molecule has 0 spiro atoms. The van der Waals surface area contributed by atoms with Crippen molar-refractivity contribution in [2.45, 2.75) is 19.8 Å². The number of hydrogen-bond acceptors (Lipinski definition) is 6. The molecule has 0 saturated carbocycles. The van der Waals surface area contributed by atoms with Gasteiger partial charge in [-0.3, -0.25) is 14.5 Å². The molecule has 0 radical (unpaired) electrons. The van der Waals surface area contributed by atoms with E-state index in [-0.39, 0.29) is 11.8 Å². The first-order valence-electron chi connectivity index (χ1n) is 9.18. The van der Waals surface area contributed by atoms with Crippen LogP contribution in [0.3, 0.4) is 0 Å². The van der Waals surface area contributed by atoms with Gasteiger partial charge in [-0.1, -0.05) is 24.2 Å². The van der Waals surface area contributed by atoms with Gasteiger partial charge in [-0.15, -0.1) is 0 Å². The van der Waals surface area contributed by atoms with Crippen molar-refractivity contribution in [1.29, 1.82) is 0 Å². The van der Waals surface area contributed by atoms with Crippen molar-refractivity contribution >= 4 is 11.8 Å². The number of rotatable bonds is 7. The van der Waals surface area contributed by atoms with Gasteiger partial charge in [-0.25, -0.2) is 0 Å². The topological polar surface area (TPSA) is 85.5 Å². The second-order valence-electron chi connectivity index (χ2n) is 6.40. The molecule has 0 atom stereocenters. The Morgan fingerprint density at radius 3 is 2.29 bits per heavy atom. The molecule has 0 aliphatic carbocycles. The van der Waals surface area contributed by atoms with Crippen molar-refractivity contribution < 1.29 is 18.8 Å². The zero-order valence-corrected chi connectivity index (χ0v) is 15.4. The molecule has 28 heavy (non-hydrogen) atoms. The minimum atomic E-state index is -0.239. The van der Waals surface area contributed by atoms with E-state index in [2.05, 4.69) is 10.1 Å². The van der Waals surface area contributed by atoms with Crippen molar-refractivity contribution in [2.24, 2.45) is 0 Å². The first kappa shape index (κ1) is 17.9. The Labute approximate surface area is 161 Å². The van der Waals surface area contributed by atoms with Crippen LogP contribution in [0, 0.1) is 0 Å². The van der Waals surface area contributed by atoms with Gasteiger partial charge >= 0.3 is 0 Å². The summed E-state index contributed by atoms with van der Waals surface area (Å²) in [4.78, 5) is 30.2. The first-order chi connectivity index (χ1) is 13.7. The summed E-state index contributed by atoms with van der Waals surface area (Å²) in [6, 6.07) is 14.3. The number of hydrogen-bond donors (Lipinski definition) is 0. The molecule has 0 fully saturated rings. The van der Waals surface area contributed by atoms with Crippen LogP contribution in [-0.4, -0.2) is 40.0 Å². The SMILES string of the molecule is CCc1nc(-c2ccc(OCCCN3C(=O)c4ccccc4C3=O)cc2)no1. The number of aryl methyl sites for hydroxylation is 1. The van der Waals surface area contributed by atoms with Crippen molar-refractivity contribution in [3.63, 3.8) is 0 Å². The van der Waals surface area contributed by atoms with Gasteiger partial charge in [0.1, 0.15) is 5.75 Å². The number of fused-ring (bicyclic) bond motifs is 1. The maximum atomic E-state index is 12.3. The number of carbonyl (C=O) groups excluding carboxylic acids is 2. The molecule has 1 aromatic heterocycles. The second kappa shape index (κ2) is 7.64. The highest BCUT2D eigenvalue weighted by atomic mass is 16.5. The number of ether oxygens (including phenoxy) is 1. The van der Waals surface area contributed by atoms with E-state index >= 15 is 0 Å². The van der Waals surface area contributed by atoms with Gasteiger partial charge in [0.2, 0.25) is 11.7 Å². The Balaban J connectivity index is 1.29. The Morgan fingerprint density at radius 1 is 1.00 bits per heavy atom. The second-order valence-corrected chi connectivity index (χ2v) is 6.40. The van der Waals surface area contributed by atoms with Crippen LogP contribution in [0.4, 0.5) is 0 Å². The highest BCUT2D eigenvalue weighted by Gasteiger charge is 2.34. The molecule has 2 aromatic carbocycles. The lowest BCUT2D eigenvalue weighted by atomic mass is 10.1. The first-order valence-corrected chi connectivity index (χ1v) is 9.18. The van der Waals surface area contributed by atoms with Crippen LogP contribution in [0.2, 0.25) is 0 Å². The Hall–Kier alpha value is -3.48. The molecule has 0 bridgehead atoms. The average Bonchev–Trinajstić information content (AvgIpc) is 3.31. The molecule has 2 heterocycles. The lowest BCUT2D eigenvalue weighted by Gasteiger charge is -2.14. The smallest absolute Gasteiger partial charge is 0.261 e. The Kier molecular flexibility index (Phi) is 4.89. The quantitative estimate of drug-likeness (QED) is 0.464. The molecule has 0 N–H and O–H groups in total. The fourth-order valence-corrected chi connectivity index (χ4v) is 3.07. The highest BCUT2D eigenvalue weighted by Crippen LogP contribution is 2.23. The molecule has 1 aliphatic rings. The van der Waals surface area contributed by atoms with E-state index in [4.69, 9.17) is 9.26 Å². The standard InChI is InChI=1S/C21H19N3O4/c1-2-18-22-19(23-28-18)14-8-10-15(11-9-14)27-13-5-12-24-20(25)16-6-3-4-7-17(16)21(24)26/h3-4,6-11H,2,5,12-13H2,1H3. The summed E-state index contributed by atoms with van der Waals surface area (Å²) >= 11 is 0. The van der Waals surface area contributed by atoms with Crippen LogP contribution in [-0.2, 0) is 6.42 Å². The van der Waals surface area contributed by atoms with Gasteiger partial charge in [0, 0.05) is 18.5 Å². The number of carbonyl (C=O) groups is 2. The van der Waals surface area contributed by atoms with Gasteiger partial charge in [0.05, 0.1) is 17.7 Å². The summed E-state index contributed by atoms with van der Waals surface area (Å²) in [6.45, 7) is 2.68. The Bertz CT molecular complexity index is 975. The zero-order chi connectivity index (χ0) is 19.5. The van der Waals surface area contributed by atoms with Crippen LogP contribution < -0.4 is 4.74 Å². The third-order valence-electron chi connectivity index (χ3n) is 4.56. The third kappa shape index (κ3) is 3.38. The molecule has 3 aromatic rings. The molecular formula is C21H19N3O4. The predicted molar refractivity (Wildman–Crippen MR) is 101 cm³/mol. The van der Waals surface area contributed by atoms with Crippen molar-refractivity contribution in [1.82, 2.24) is 15.0 Å². The minimum absolute atomic E-state index is 0.239. The van der Waals surface area contributed by atoms with Crippen LogP contribution in [0.25, 0.3) is 11.4 Å². The van der Waals surface area contributed by atoms with Crippen LogP contribution in [0.5, 0.6) is 5.75 Å². The van der Waals surface area contributed by atoms with Crippen LogP contribution in [0.1, 0.15) is 40.0 Å². The van der Waals surface area contributed by atoms with Crippen LogP contribution >= 0.6 is 0 Å². The maximum Gasteiger partial charge on any atom is 0.261 e. The van der Waals surface area contributed by atoms with Gasteiger partial charge in [-0.05, 0) is 42.8 Å². The summed E-state index contributed by atoms with van der Waals surface area (Å²) in [5.74, 6) is 1.37. The summed E-state index contributed by atoms with van der Waals surface area (Å²) in [7, 11) is 0. The maximum absolute atomic E-state index is 12.3. The summed E-state index contributed by atoms with van der Waals surface area (Å²) < 4.78 is 10.8. The summed E-state index contributed by atoms with van der Waals surface area (Å²) in [6.07, 6.45) is 1.25. The number of aromatic nitrogens is 2. The summed E-state index contributed by atoms with van der Waals surface area (Å²) in [5.41, 5.74) is 1.79. The van der Waals surface area contributed by atoms with E-state index in [1.165, 1.54) is 4.90 Å². The van der Waals surface area contributed by atoms with Gasteiger partial charge < -0.3 is 9.26 Å². The third-order valence-corrected chi connectivity index (χ3v) is 4.56. The van der Waals surface area contributed by atoms with Gasteiger partial charge in [0.25, 0.3) is 11.8 Å². The Morgan fingerprint density at radius 2 is 1.68 bits per heavy atom. The van der Waals surface area contributed by atoms with Gasteiger partial charge in [-0.2, -0.15) is 4.98 Å². The molecule has 0 unspecified atom stereocenters. The fourth-order valence-electron chi connectivity index (χ4n) is 3.07. The van der Waals surface area contributed by atoms with E-state index in [9.17, 15) is 9.59 Å². The van der Waals surface area contributed by atoms with E-state index < -0.39 is 0 Å². The molecule has 7 nitrogen and oxygen atoms in total. The lowest BCUT2D eigenvalue weighted by Crippen LogP contribution is -2.31.